The van der Waals surface area contributed by atoms with Gasteiger partial charge in [-0.25, -0.2) is 9.59 Å². The first-order valence-corrected chi connectivity index (χ1v) is 7.45. The van der Waals surface area contributed by atoms with Gasteiger partial charge in [0.15, 0.2) is 0 Å². The smallest absolute Gasteiger partial charge is 0.411 e. The summed E-state index contributed by atoms with van der Waals surface area (Å²) in [6, 6.07) is 6.35. The minimum absolute atomic E-state index is 0.0586. The van der Waals surface area contributed by atoms with Crippen molar-refractivity contribution in [2.45, 2.75) is 39.3 Å². The van der Waals surface area contributed by atoms with Crippen LogP contribution < -0.4 is 10.6 Å². The Labute approximate surface area is 135 Å². The van der Waals surface area contributed by atoms with Crippen LogP contribution in [0.1, 0.15) is 27.2 Å². The van der Waals surface area contributed by atoms with Crippen molar-refractivity contribution in [3.05, 3.63) is 29.3 Å². The number of rotatable bonds is 6. The van der Waals surface area contributed by atoms with E-state index in [-0.39, 0.29) is 18.8 Å². The largest absolute Gasteiger partial charge is 0.447 e. The van der Waals surface area contributed by atoms with Gasteiger partial charge in [0.25, 0.3) is 0 Å². The number of halogens is 1. The molecule has 1 aromatic carbocycles. The number of nitrogens with one attached hydrogen (secondary N) is 2. The highest BCUT2D eigenvalue weighted by Crippen LogP contribution is 2.13. The molecule has 6 nitrogen and oxygen atoms in total. The standard InChI is InChI=1S/C15H21ClN2O4/c1-4-12(17-15(20)22-10(2)3)9-21-14(19)18-13-7-5-11(16)6-8-13/h5-8,10,12H,4,9H2,1-3H3,(H,17,20)(H,18,19). The summed E-state index contributed by atoms with van der Waals surface area (Å²) in [5, 5.41) is 5.79. The van der Waals surface area contributed by atoms with Crippen LogP contribution in [0.15, 0.2) is 24.3 Å². The third-order valence-electron chi connectivity index (χ3n) is 2.66. The van der Waals surface area contributed by atoms with Crippen molar-refractivity contribution in [2.24, 2.45) is 0 Å². The molecule has 2 amide bonds. The zero-order chi connectivity index (χ0) is 16.5. The molecule has 1 unspecified atom stereocenters. The van der Waals surface area contributed by atoms with E-state index in [0.29, 0.717) is 17.1 Å². The Morgan fingerprint density at radius 1 is 1.18 bits per heavy atom. The molecule has 0 bridgehead atoms. The number of ether oxygens (including phenoxy) is 2. The molecule has 0 fully saturated rings. The molecule has 1 aromatic rings. The van der Waals surface area contributed by atoms with Crippen molar-refractivity contribution in [3.63, 3.8) is 0 Å². The molecule has 122 valence electrons. The molecule has 0 aliphatic rings. The number of benzene rings is 1. The lowest BCUT2D eigenvalue weighted by Gasteiger charge is -2.18. The van der Waals surface area contributed by atoms with Gasteiger partial charge in [0, 0.05) is 10.7 Å². The van der Waals surface area contributed by atoms with E-state index in [9.17, 15) is 9.59 Å². The van der Waals surface area contributed by atoms with Crippen LogP contribution in [0.4, 0.5) is 15.3 Å². The van der Waals surface area contributed by atoms with Crippen LogP contribution in [0.2, 0.25) is 5.02 Å². The summed E-state index contributed by atoms with van der Waals surface area (Å²) in [6.45, 7) is 5.46. The molecule has 0 aromatic heterocycles. The van der Waals surface area contributed by atoms with Gasteiger partial charge in [-0.3, -0.25) is 5.32 Å². The van der Waals surface area contributed by atoms with Crippen LogP contribution in [-0.2, 0) is 9.47 Å². The van der Waals surface area contributed by atoms with Crippen LogP contribution >= 0.6 is 11.6 Å². The van der Waals surface area contributed by atoms with Gasteiger partial charge < -0.3 is 14.8 Å². The Balaban J connectivity index is 2.37. The topological polar surface area (TPSA) is 76.7 Å². The second-order valence-electron chi connectivity index (χ2n) is 4.93. The van der Waals surface area contributed by atoms with E-state index in [1.54, 1.807) is 38.1 Å². The van der Waals surface area contributed by atoms with Crippen molar-refractivity contribution in [2.75, 3.05) is 11.9 Å². The highest BCUT2D eigenvalue weighted by atomic mass is 35.5. The fraction of sp³-hybridized carbons (Fsp3) is 0.467. The highest BCUT2D eigenvalue weighted by molar-refractivity contribution is 6.30. The minimum Gasteiger partial charge on any atom is -0.447 e. The Hall–Kier alpha value is -1.95. The van der Waals surface area contributed by atoms with Crippen molar-refractivity contribution < 1.29 is 19.1 Å². The molecular weight excluding hydrogens is 308 g/mol. The highest BCUT2D eigenvalue weighted by Gasteiger charge is 2.14. The average molecular weight is 329 g/mol. The summed E-state index contributed by atoms with van der Waals surface area (Å²) in [5.41, 5.74) is 0.578. The van der Waals surface area contributed by atoms with Crippen LogP contribution in [0, 0.1) is 0 Å². The molecule has 0 spiro atoms. The van der Waals surface area contributed by atoms with E-state index in [4.69, 9.17) is 21.1 Å². The summed E-state index contributed by atoms with van der Waals surface area (Å²) in [5.74, 6) is 0. The minimum atomic E-state index is -0.597. The van der Waals surface area contributed by atoms with Gasteiger partial charge in [-0.15, -0.1) is 0 Å². The lowest BCUT2D eigenvalue weighted by Crippen LogP contribution is -2.39. The fourth-order valence-corrected chi connectivity index (χ4v) is 1.67. The molecule has 0 heterocycles. The molecule has 1 atom stereocenters. The summed E-state index contributed by atoms with van der Waals surface area (Å²) in [4.78, 5) is 23.2. The van der Waals surface area contributed by atoms with Crippen LogP contribution in [-0.4, -0.2) is 30.9 Å². The van der Waals surface area contributed by atoms with Crippen LogP contribution in [0.3, 0.4) is 0 Å². The van der Waals surface area contributed by atoms with Crippen molar-refractivity contribution in [1.29, 1.82) is 0 Å². The maximum atomic E-state index is 11.7. The second-order valence-corrected chi connectivity index (χ2v) is 5.37. The molecule has 0 saturated carbocycles. The monoisotopic (exact) mass is 328 g/mol. The lowest BCUT2D eigenvalue weighted by molar-refractivity contribution is 0.102. The van der Waals surface area contributed by atoms with Gasteiger partial charge in [0.1, 0.15) is 6.61 Å². The van der Waals surface area contributed by atoms with Gasteiger partial charge in [-0.05, 0) is 44.5 Å². The second kappa shape index (κ2) is 9.15. The molecule has 0 aliphatic carbocycles. The van der Waals surface area contributed by atoms with Crippen LogP contribution in [0.25, 0.3) is 0 Å². The number of amides is 2. The summed E-state index contributed by atoms with van der Waals surface area (Å²) in [7, 11) is 0. The number of alkyl carbamates (subject to hydrolysis) is 1. The maximum Gasteiger partial charge on any atom is 0.411 e. The molecule has 0 saturated heterocycles. The normalized spacial score (nSPS) is 11.7. The number of anilines is 1. The van der Waals surface area contributed by atoms with Crippen molar-refractivity contribution >= 4 is 29.5 Å². The van der Waals surface area contributed by atoms with E-state index in [1.165, 1.54) is 0 Å². The summed E-state index contributed by atoms with van der Waals surface area (Å²) < 4.78 is 10.1. The zero-order valence-corrected chi connectivity index (χ0v) is 13.6. The molecule has 22 heavy (non-hydrogen) atoms. The quantitative estimate of drug-likeness (QED) is 0.832. The van der Waals surface area contributed by atoms with Gasteiger partial charge in [-0.1, -0.05) is 18.5 Å². The van der Waals surface area contributed by atoms with E-state index in [0.717, 1.165) is 0 Å². The van der Waals surface area contributed by atoms with Crippen molar-refractivity contribution in [3.8, 4) is 0 Å². The molecular formula is C15H21ClN2O4. The predicted molar refractivity (Wildman–Crippen MR) is 85.3 cm³/mol. The summed E-state index contributed by atoms with van der Waals surface area (Å²) in [6.07, 6.45) is -0.712. The number of carbonyl (C=O) groups is 2. The Bertz CT molecular complexity index is 491. The third-order valence-corrected chi connectivity index (χ3v) is 2.92. The first kappa shape index (κ1) is 18.1. The van der Waals surface area contributed by atoms with E-state index < -0.39 is 12.2 Å². The first-order valence-electron chi connectivity index (χ1n) is 7.07. The van der Waals surface area contributed by atoms with Gasteiger partial charge in [0.2, 0.25) is 0 Å². The van der Waals surface area contributed by atoms with Gasteiger partial charge >= 0.3 is 12.2 Å². The Kier molecular flexibility index (Phi) is 7.52. The van der Waals surface area contributed by atoms with Gasteiger partial charge in [0.05, 0.1) is 12.1 Å². The molecule has 7 heteroatoms. The number of hydrogen-bond donors (Lipinski definition) is 2. The molecule has 2 N–H and O–H groups in total. The van der Waals surface area contributed by atoms with E-state index in [1.807, 2.05) is 6.92 Å². The predicted octanol–water partition coefficient (Wildman–Crippen LogP) is 3.80. The lowest BCUT2D eigenvalue weighted by atomic mass is 10.2. The Morgan fingerprint density at radius 2 is 1.82 bits per heavy atom. The van der Waals surface area contributed by atoms with Gasteiger partial charge in [-0.2, -0.15) is 0 Å². The zero-order valence-electron chi connectivity index (χ0n) is 12.9. The first-order chi connectivity index (χ1) is 10.4. The van der Waals surface area contributed by atoms with E-state index >= 15 is 0 Å². The third kappa shape index (κ3) is 7.17. The summed E-state index contributed by atoms with van der Waals surface area (Å²) >= 11 is 5.76. The van der Waals surface area contributed by atoms with E-state index in [2.05, 4.69) is 10.6 Å². The number of hydrogen-bond acceptors (Lipinski definition) is 4. The van der Waals surface area contributed by atoms with Crippen molar-refractivity contribution in [1.82, 2.24) is 5.32 Å². The molecule has 0 aliphatic heterocycles. The molecule has 1 rings (SSSR count). The average Bonchev–Trinajstić information content (AvgIpc) is 2.45. The van der Waals surface area contributed by atoms with Crippen LogP contribution in [0.5, 0.6) is 0 Å². The maximum absolute atomic E-state index is 11.7. The Morgan fingerprint density at radius 3 is 2.36 bits per heavy atom. The number of carbonyl (C=O) groups excluding carboxylic acids is 2. The SMILES string of the molecule is CCC(COC(=O)Nc1ccc(Cl)cc1)NC(=O)OC(C)C. The fourth-order valence-electron chi connectivity index (χ4n) is 1.54. The molecule has 0 radical (unpaired) electrons.